The van der Waals surface area contributed by atoms with Crippen LogP contribution in [0.4, 0.5) is 17.1 Å². The Morgan fingerprint density at radius 2 is 1.67 bits per heavy atom. The highest BCUT2D eigenvalue weighted by Crippen LogP contribution is 2.27. The molecule has 0 bridgehead atoms. The molecule has 2 amide bonds. The molecule has 3 aromatic carbocycles. The molecule has 0 aliphatic heterocycles. The van der Waals surface area contributed by atoms with Crippen LogP contribution in [0.15, 0.2) is 66.7 Å². The van der Waals surface area contributed by atoms with Crippen LogP contribution in [0.1, 0.15) is 20.7 Å². The van der Waals surface area contributed by atoms with E-state index in [-0.39, 0.29) is 28.0 Å². The van der Waals surface area contributed by atoms with Crippen LogP contribution >= 0.6 is 23.8 Å². The summed E-state index contributed by atoms with van der Waals surface area (Å²) in [6.07, 6.45) is 0. The summed E-state index contributed by atoms with van der Waals surface area (Å²) < 4.78 is 4.93. The van der Waals surface area contributed by atoms with Gasteiger partial charge in [-0.15, -0.1) is 0 Å². The van der Waals surface area contributed by atoms with E-state index in [1.807, 2.05) is 0 Å². The first-order valence-corrected chi connectivity index (χ1v) is 10.2. The standard InChI is InChI=1S/C22H17ClN4O5S/c1-32-19-10-9-13(11-18(19)27(30)31)20(28)26-22(33)25-15-6-4-5-14(12-15)24-21(29)16-7-2-3-8-17(16)23/h2-12H,1H3,(H,24,29)(H2,25,26,28,33). The zero-order chi connectivity index (χ0) is 24.0. The van der Waals surface area contributed by atoms with Gasteiger partial charge in [0.2, 0.25) is 0 Å². The number of hydrogen-bond donors (Lipinski definition) is 3. The smallest absolute Gasteiger partial charge is 0.311 e. The molecule has 0 fully saturated rings. The van der Waals surface area contributed by atoms with Crippen LogP contribution in [-0.2, 0) is 0 Å². The highest BCUT2D eigenvalue weighted by atomic mass is 35.5. The lowest BCUT2D eigenvalue weighted by Gasteiger charge is -2.12. The van der Waals surface area contributed by atoms with Crippen LogP contribution in [0, 0.1) is 10.1 Å². The molecule has 3 N–H and O–H groups in total. The van der Waals surface area contributed by atoms with Crippen molar-refractivity contribution in [1.29, 1.82) is 0 Å². The van der Waals surface area contributed by atoms with Crippen molar-refractivity contribution in [2.24, 2.45) is 0 Å². The third-order valence-electron chi connectivity index (χ3n) is 4.36. The fourth-order valence-electron chi connectivity index (χ4n) is 2.83. The zero-order valence-corrected chi connectivity index (χ0v) is 18.7. The normalized spacial score (nSPS) is 10.1. The van der Waals surface area contributed by atoms with Gasteiger partial charge in [-0.1, -0.05) is 29.8 Å². The lowest BCUT2D eigenvalue weighted by atomic mass is 10.1. The Morgan fingerprint density at radius 1 is 0.970 bits per heavy atom. The molecule has 3 aromatic rings. The summed E-state index contributed by atoms with van der Waals surface area (Å²) in [5, 5.41) is 19.5. The second-order valence-electron chi connectivity index (χ2n) is 6.57. The lowest BCUT2D eigenvalue weighted by Crippen LogP contribution is -2.34. The summed E-state index contributed by atoms with van der Waals surface area (Å²) in [5.41, 5.74) is 0.995. The van der Waals surface area contributed by atoms with E-state index in [2.05, 4.69) is 16.0 Å². The van der Waals surface area contributed by atoms with Crippen LogP contribution in [-0.4, -0.2) is 29.0 Å². The number of carbonyl (C=O) groups excluding carboxylic acids is 2. The molecule has 0 radical (unpaired) electrons. The molecule has 33 heavy (non-hydrogen) atoms. The average Bonchev–Trinajstić information content (AvgIpc) is 2.78. The number of ether oxygens (including phenoxy) is 1. The number of nitro groups is 1. The number of nitro benzene ring substituents is 1. The van der Waals surface area contributed by atoms with Crippen molar-refractivity contribution >= 4 is 57.8 Å². The molecule has 0 saturated carbocycles. The molecule has 0 aromatic heterocycles. The van der Waals surface area contributed by atoms with E-state index in [9.17, 15) is 19.7 Å². The topological polar surface area (TPSA) is 123 Å². The molecule has 0 aliphatic rings. The zero-order valence-electron chi connectivity index (χ0n) is 17.1. The van der Waals surface area contributed by atoms with Crippen LogP contribution < -0.4 is 20.7 Å². The minimum Gasteiger partial charge on any atom is -0.490 e. The van der Waals surface area contributed by atoms with Crippen molar-refractivity contribution < 1.29 is 19.2 Å². The van der Waals surface area contributed by atoms with Gasteiger partial charge in [-0.25, -0.2) is 0 Å². The van der Waals surface area contributed by atoms with Crippen molar-refractivity contribution in [3.63, 3.8) is 0 Å². The Bertz CT molecular complexity index is 1250. The fraction of sp³-hybridized carbons (Fsp3) is 0.0455. The van der Waals surface area contributed by atoms with Crippen LogP contribution in [0.5, 0.6) is 5.75 Å². The summed E-state index contributed by atoms with van der Waals surface area (Å²) in [6.45, 7) is 0. The molecule has 0 spiro atoms. The van der Waals surface area contributed by atoms with Gasteiger partial charge in [-0.2, -0.15) is 0 Å². The Hall–Kier alpha value is -4.02. The van der Waals surface area contributed by atoms with E-state index in [4.69, 9.17) is 28.6 Å². The van der Waals surface area contributed by atoms with Crippen LogP contribution in [0.3, 0.4) is 0 Å². The molecule has 0 unspecified atom stereocenters. The van der Waals surface area contributed by atoms with Gasteiger partial charge in [-0.3, -0.25) is 25.0 Å². The Kier molecular flexibility index (Phi) is 7.54. The number of carbonyl (C=O) groups is 2. The Balaban J connectivity index is 1.66. The van der Waals surface area contributed by atoms with Crippen molar-refractivity contribution in [1.82, 2.24) is 5.32 Å². The highest BCUT2D eigenvalue weighted by Gasteiger charge is 2.19. The van der Waals surface area contributed by atoms with E-state index in [0.717, 1.165) is 6.07 Å². The second-order valence-corrected chi connectivity index (χ2v) is 7.38. The van der Waals surface area contributed by atoms with Gasteiger partial charge in [0.25, 0.3) is 11.8 Å². The molecule has 9 nitrogen and oxygen atoms in total. The maximum Gasteiger partial charge on any atom is 0.311 e. The van der Waals surface area contributed by atoms with Gasteiger partial charge in [0.05, 0.1) is 22.6 Å². The number of methoxy groups -OCH3 is 1. The number of thiocarbonyl (C=S) groups is 1. The lowest BCUT2D eigenvalue weighted by molar-refractivity contribution is -0.385. The Labute approximate surface area is 198 Å². The van der Waals surface area contributed by atoms with Gasteiger partial charge in [-0.05, 0) is 54.7 Å². The van der Waals surface area contributed by atoms with Crippen LogP contribution in [0.25, 0.3) is 0 Å². The monoisotopic (exact) mass is 484 g/mol. The second kappa shape index (κ2) is 10.5. The van der Waals surface area contributed by atoms with E-state index >= 15 is 0 Å². The molecule has 0 aliphatic carbocycles. The number of anilines is 2. The summed E-state index contributed by atoms with van der Waals surface area (Å²) in [4.78, 5) is 35.4. The quantitative estimate of drug-likeness (QED) is 0.264. The average molecular weight is 485 g/mol. The maximum atomic E-state index is 12.4. The number of hydrogen-bond acceptors (Lipinski definition) is 6. The van der Waals surface area contributed by atoms with Gasteiger partial charge < -0.3 is 15.4 Å². The summed E-state index contributed by atoms with van der Waals surface area (Å²) in [7, 11) is 1.30. The predicted octanol–water partition coefficient (Wildman–Crippen LogP) is 4.64. The summed E-state index contributed by atoms with van der Waals surface area (Å²) in [5.74, 6) is -0.982. The van der Waals surface area contributed by atoms with Gasteiger partial charge in [0.1, 0.15) is 0 Å². The first-order valence-electron chi connectivity index (χ1n) is 9.39. The molecular formula is C22H17ClN4O5S. The molecule has 168 valence electrons. The minimum atomic E-state index is -0.644. The summed E-state index contributed by atoms with van der Waals surface area (Å²) in [6, 6.07) is 17.1. The molecule has 0 atom stereocenters. The Morgan fingerprint density at radius 3 is 2.33 bits per heavy atom. The molecule has 3 rings (SSSR count). The first kappa shape index (κ1) is 23.6. The van der Waals surface area contributed by atoms with Gasteiger partial charge in [0, 0.05) is 23.0 Å². The van der Waals surface area contributed by atoms with E-state index < -0.39 is 10.8 Å². The minimum absolute atomic E-state index is 0.0342. The SMILES string of the molecule is COc1ccc(C(=O)NC(=S)Nc2cccc(NC(=O)c3ccccc3Cl)c2)cc1[N+](=O)[O-]. The third kappa shape index (κ3) is 6.03. The van der Waals surface area contributed by atoms with Crippen LogP contribution in [0.2, 0.25) is 5.02 Å². The first-order chi connectivity index (χ1) is 15.8. The number of halogens is 1. The number of nitrogens with one attached hydrogen (secondary N) is 3. The largest absolute Gasteiger partial charge is 0.490 e. The third-order valence-corrected chi connectivity index (χ3v) is 4.90. The van der Waals surface area contributed by atoms with E-state index in [1.165, 1.54) is 19.2 Å². The van der Waals surface area contributed by atoms with Crippen molar-refractivity contribution in [2.75, 3.05) is 17.7 Å². The maximum absolute atomic E-state index is 12.4. The van der Waals surface area contributed by atoms with E-state index in [0.29, 0.717) is 22.0 Å². The fourth-order valence-corrected chi connectivity index (χ4v) is 3.26. The highest BCUT2D eigenvalue weighted by molar-refractivity contribution is 7.80. The number of nitrogens with zero attached hydrogens (tertiary/aromatic N) is 1. The molecule has 0 heterocycles. The predicted molar refractivity (Wildman–Crippen MR) is 129 cm³/mol. The van der Waals surface area contributed by atoms with Gasteiger partial charge in [0.15, 0.2) is 10.9 Å². The number of benzene rings is 3. The number of rotatable bonds is 6. The van der Waals surface area contributed by atoms with Gasteiger partial charge >= 0.3 is 5.69 Å². The van der Waals surface area contributed by atoms with Crippen molar-refractivity contribution in [3.05, 3.63) is 93.0 Å². The van der Waals surface area contributed by atoms with Crippen molar-refractivity contribution in [2.45, 2.75) is 0 Å². The number of amides is 2. The molecule has 11 heteroatoms. The van der Waals surface area contributed by atoms with Crippen molar-refractivity contribution in [3.8, 4) is 5.75 Å². The van der Waals surface area contributed by atoms with E-state index in [1.54, 1.807) is 48.5 Å². The summed E-state index contributed by atoms with van der Waals surface area (Å²) >= 11 is 11.2. The molecular weight excluding hydrogens is 468 g/mol. The molecule has 0 saturated heterocycles.